The second-order valence-corrected chi connectivity index (χ2v) is 8.85. The average molecular weight is 371 g/mol. The first-order valence-corrected chi connectivity index (χ1v) is 10.4. The van der Waals surface area contributed by atoms with E-state index in [9.17, 15) is 9.90 Å². The van der Waals surface area contributed by atoms with Gasteiger partial charge < -0.3 is 10.0 Å². The molecule has 2 fully saturated rings. The maximum atomic E-state index is 13.3. The lowest BCUT2D eigenvalue weighted by molar-refractivity contribution is -0.110. The molecule has 1 amide bonds. The zero-order valence-corrected chi connectivity index (χ0v) is 16.3. The molecule has 1 aliphatic heterocycles. The Morgan fingerprint density at radius 1 is 1.23 bits per heavy atom. The molecule has 1 saturated heterocycles. The summed E-state index contributed by atoms with van der Waals surface area (Å²) in [4.78, 5) is 20.5. The van der Waals surface area contributed by atoms with Crippen LogP contribution >= 0.6 is 11.3 Å². The van der Waals surface area contributed by atoms with Crippen LogP contribution in [0, 0.1) is 19.8 Å². The lowest BCUT2D eigenvalue weighted by Crippen LogP contribution is -2.58. The van der Waals surface area contributed by atoms with Gasteiger partial charge in [0.1, 0.15) is 4.88 Å². The van der Waals surface area contributed by atoms with E-state index >= 15 is 0 Å². The number of hydrogen-bond acceptors (Lipinski definition) is 4. The number of aliphatic hydroxyl groups is 1. The Labute approximate surface area is 158 Å². The van der Waals surface area contributed by atoms with Gasteiger partial charge in [-0.25, -0.2) is 4.98 Å². The van der Waals surface area contributed by atoms with Gasteiger partial charge >= 0.3 is 0 Å². The van der Waals surface area contributed by atoms with E-state index in [1.54, 1.807) is 0 Å². The summed E-state index contributed by atoms with van der Waals surface area (Å²) < 4.78 is 0. The van der Waals surface area contributed by atoms with E-state index in [0.717, 1.165) is 46.8 Å². The molecule has 0 radical (unpaired) electrons. The summed E-state index contributed by atoms with van der Waals surface area (Å²) in [5.74, 6) is 0.200. The first-order chi connectivity index (χ1) is 12.5. The van der Waals surface area contributed by atoms with E-state index in [-0.39, 0.29) is 17.9 Å². The summed E-state index contributed by atoms with van der Waals surface area (Å²) in [6, 6.07) is 10.1. The lowest BCUT2D eigenvalue weighted by atomic mass is 9.66. The first kappa shape index (κ1) is 17.7. The lowest BCUT2D eigenvalue weighted by Gasteiger charge is -2.52. The van der Waals surface area contributed by atoms with Crippen LogP contribution in [0.5, 0.6) is 0 Å². The van der Waals surface area contributed by atoms with Crippen molar-refractivity contribution < 1.29 is 9.90 Å². The number of benzene rings is 1. The minimum Gasteiger partial charge on any atom is -0.385 e. The Balaban J connectivity index is 1.67. The highest BCUT2D eigenvalue weighted by molar-refractivity contribution is 7.13. The number of hydrogen-bond donors (Lipinski definition) is 1. The van der Waals surface area contributed by atoms with Gasteiger partial charge in [0.2, 0.25) is 0 Å². The monoisotopic (exact) mass is 370 g/mol. The van der Waals surface area contributed by atoms with Crippen molar-refractivity contribution >= 4 is 17.2 Å². The summed E-state index contributed by atoms with van der Waals surface area (Å²) in [6.07, 6.45) is 4.79. The molecule has 2 aromatic rings. The second kappa shape index (κ2) is 6.78. The third kappa shape index (κ3) is 2.87. The summed E-state index contributed by atoms with van der Waals surface area (Å²) in [5, 5.41) is 12.6. The van der Waals surface area contributed by atoms with E-state index in [0.29, 0.717) is 13.0 Å². The van der Waals surface area contributed by atoms with Crippen molar-refractivity contribution in [1.82, 2.24) is 9.88 Å². The number of rotatable bonds is 2. The normalized spacial score (nSPS) is 28.7. The molecule has 0 spiro atoms. The molecule has 2 aliphatic rings. The Morgan fingerprint density at radius 3 is 2.65 bits per heavy atom. The molecule has 1 aliphatic carbocycles. The van der Waals surface area contributed by atoms with E-state index in [1.807, 2.05) is 49.1 Å². The van der Waals surface area contributed by atoms with E-state index in [1.165, 1.54) is 11.3 Å². The number of thiazole rings is 1. The Hall–Kier alpha value is -1.72. The van der Waals surface area contributed by atoms with Crippen molar-refractivity contribution in [2.45, 2.75) is 57.6 Å². The Bertz CT molecular complexity index is 804. The number of carbonyl (C=O) groups is 1. The standard InChI is InChI=1S/C21H26N2O2S/c1-14-19(26-15(2)22-14)20(24)23-13-12-21(25,16-8-4-3-5-9-16)17-10-6-7-11-18(17)23/h3-5,8-9,17-18,25H,6-7,10-13H2,1-2H3/t17-,18+,21?/m0/s1. The molecule has 1 saturated carbocycles. The zero-order valence-electron chi connectivity index (χ0n) is 15.4. The van der Waals surface area contributed by atoms with Crippen LogP contribution in [0.3, 0.4) is 0 Å². The minimum atomic E-state index is -0.832. The smallest absolute Gasteiger partial charge is 0.266 e. The minimum absolute atomic E-state index is 0.0973. The summed E-state index contributed by atoms with van der Waals surface area (Å²) in [7, 11) is 0. The van der Waals surface area contributed by atoms with Gasteiger partial charge in [0, 0.05) is 18.5 Å². The predicted molar refractivity (Wildman–Crippen MR) is 103 cm³/mol. The van der Waals surface area contributed by atoms with Crippen molar-refractivity contribution in [2.75, 3.05) is 6.54 Å². The van der Waals surface area contributed by atoms with Crippen molar-refractivity contribution in [3.05, 3.63) is 51.5 Å². The van der Waals surface area contributed by atoms with Gasteiger partial charge in [0.05, 0.1) is 16.3 Å². The van der Waals surface area contributed by atoms with E-state index in [4.69, 9.17) is 0 Å². The van der Waals surface area contributed by atoms with Gasteiger partial charge in [-0.15, -0.1) is 11.3 Å². The van der Waals surface area contributed by atoms with Gasteiger partial charge in [0.25, 0.3) is 5.91 Å². The number of carbonyl (C=O) groups excluding carboxylic acids is 1. The fourth-order valence-electron chi connectivity index (χ4n) is 4.88. The molecule has 5 heteroatoms. The largest absolute Gasteiger partial charge is 0.385 e. The van der Waals surface area contributed by atoms with Crippen molar-refractivity contribution in [3.8, 4) is 0 Å². The Morgan fingerprint density at radius 2 is 1.96 bits per heavy atom. The molecule has 1 unspecified atom stereocenters. The molecule has 26 heavy (non-hydrogen) atoms. The number of amides is 1. The number of likely N-dealkylation sites (tertiary alicyclic amines) is 1. The van der Waals surface area contributed by atoms with E-state index < -0.39 is 5.60 Å². The van der Waals surface area contributed by atoms with Crippen LogP contribution in [0.4, 0.5) is 0 Å². The number of aromatic nitrogens is 1. The van der Waals surface area contributed by atoms with Gasteiger partial charge in [-0.1, -0.05) is 43.2 Å². The zero-order chi connectivity index (χ0) is 18.3. The molecular formula is C21H26N2O2S. The third-order valence-corrected chi connectivity index (χ3v) is 7.17. The molecule has 1 aromatic carbocycles. The number of fused-ring (bicyclic) bond motifs is 1. The fraction of sp³-hybridized carbons (Fsp3) is 0.524. The maximum Gasteiger partial charge on any atom is 0.266 e. The van der Waals surface area contributed by atoms with Crippen molar-refractivity contribution in [1.29, 1.82) is 0 Å². The molecule has 4 rings (SSSR count). The molecule has 4 nitrogen and oxygen atoms in total. The highest BCUT2D eigenvalue weighted by Crippen LogP contribution is 2.47. The van der Waals surface area contributed by atoms with Crippen LogP contribution in [0.15, 0.2) is 30.3 Å². The average Bonchev–Trinajstić information content (AvgIpc) is 3.01. The quantitative estimate of drug-likeness (QED) is 0.868. The van der Waals surface area contributed by atoms with Gasteiger partial charge in [-0.05, 0) is 38.7 Å². The van der Waals surface area contributed by atoms with Crippen molar-refractivity contribution in [2.24, 2.45) is 5.92 Å². The van der Waals surface area contributed by atoms with Crippen LogP contribution in [0.2, 0.25) is 0 Å². The maximum absolute atomic E-state index is 13.3. The van der Waals surface area contributed by atoms with Gasteiger partial charge in [-0.3, -0.25) is 4.79 Å². The molecule has 138 valence electrons. The predicted octanol–water partition coefficient (Wildman–Crippen LogP) is 4.05. The number of nitrogens with zero attached hydrogens (tertiary/aromatic N) is 2. The first-order valence-electron chi connectivity index (χ1n) is 9.53. The summed E-state index contributed by atoms with van der Waals surface area (Å²) in [5.41, 5.74) is 0.990. The van der Waals surface area contributed by atoms with Crippen LogP contribution in [-0.2, 0) is 5.60 Å². The van der Waals surface area contributed by atoms with Crippen LogP contribution in [-0.4, -0.2) is 33.5 Å². The van der Waals surface area contributed by atoms with E-state index in [2.05, 4.69) is 4.98 Å². The van der Waals surface area contributed by atoms with Crippen LogP contribution in [0.1, 0.15) is 58.0 Å². The highest BCUT2D eigenvalue weighted by atomic mass is 32.1. The fourth-order valence-corrected chi connectivity index (χ4v) is 5.76. The Kier molecular flexibility index (Phi) is 4.61. The molecule has 3 atom stereocenters. The van der Waals surface area contributed by atoms with Crippen LogP contribution < -0.4 is 0 Å². The van der Waals surface area contributed by atoms with Crippen molar-refractivity contribution in [3.63, 3.8) is 0 Å². The topological polar surface area (TPSA) is 53.4 Å². The SMILES string of the molecule is Cc1nc(C)c(C(=O)N2CCC(O)(c3ccccc3)[C@H]3CCCC[C@H]32)s1. The third-order valence-electron chi connectivity index (χ3n) is 6.11. The highest BCUT2D eigenvalue weighted by Gasteiger charge is 2.50. The molecule has 0 bridgehead atoms. The van der Waals surface area contributed by atoms with Gasteiger partial charge in [-0.2, -0.15) is 0 Å². The summed E-state index contributed by atoms with van der Waals surface area (Å²) in [6.45, 7) is 4.46. The molecular weight excluding hydrogens is 344 g/mol. The number of aryl methyl sites for hydroxylation is 2. The van der Waals surface area contributed by atoms with Gasteiger partial charge in [0.15, 0.2) is 0 Å². The molecule has 2 heterocycles. The second-order valence-electron chi connectivity index (χ2n) is 7.64. The summed E-state index contributed by atoms with van der Waals surface area (Å²) >= 11 is 1.49. The number of piperidine rings is 1. The molecule has 1 aromatic heterocycles. The molecule has 1 N–H and O–H groups in total. The van der Waals surface area contributed by atoms with Crippen LogP contribution in [0.25, 0.3) is 0 Å².